The van der Waals surface area contributed by atoms with E-state index in [1.54, 1.807) is 0 Å². The van der Waals surface area contributed by atoms with Gasteiger partial charge in [0.05, 0.1) is 0 Å². The Labute approximate surface area is 120 Å². The van der Waals surface area contributed by atoms with Crippen LogP contribution in [0.5, 0.6) is 0 Å². The van der Waals surface area contributed by atoms with Gasteiger partial charge in [-0.3, -0.25) is 13.2 Å². The molecule has 0 radical (unpaired) electrons. The summed E-state index contributed by atoms with van der Waals surface area (Å²) in [6.45, 7) is 6.81. The topological polar surface area (TPSA) is 0 Å². The van der Waals surface area contributed by atoms with E-state index in [2.05, 4.69) is 25.3 Å². The standard InChI is InChI=1S/C6H8.2C5H5.Ti/c1-3-5-6-4-2;2*1-2-4-5-3-1;/h1-2,5-6H2;2*1-5H;/q-2;2*-1;. The number of allylic oxidation sites excluding steroid dienone is 2. The monoisotopic (exact) mass is 258 g/mol. The third-order valence-corrected chi connectivity index (χ3v) is 1.59. The van der Waals surface area contributed by atoms with E-state index in [4.69, 9.17) is 0 Å². The maximum Gasteiger partial charge on any atom is 0 e. The molecule has 0 unspecified atom stereocenters. The Morgan fingerprint density at radius 2 is 1.00 bits per heavy atom. The van der Waals surface area contributed by atoms with Crippen molar-refractivity contribution in [1.82, 2.24) is 0 Å². The fourth-order valence-corrected chi connectivity index (χ4v) is 0.818. The SMILES string of the molecule is C=[C-]CC[C-]=C.[Ti].c1cc[cH-]c1.c1cc[cH-]c1. The van der Waals surface area contributed by atoms with Gasteiger partial charge in [-0.1, -0.05) is 0 Å². The van der Waals surface area contributed by atoms with Crippen molar-refractivity contribution in [3.8, 4) is 0 Å². The molecular weight excluding hydrogens is 240 g/mol. The van der Waals surface area contributed by atoms with Crippen LogP contribution < -0.4 is 0 Å². The molecule has 0 atom stereocenters. The van der Waals surface area contributed by atoms with E-state index >= 15 is 0 Å². The third-order valence-electron chi connectivity index (χ3n) is 1.59. The normalized spacial score (nSPS) is 7.29. The van der Waals surface area contributed by atoms with Gasteiger partial charge in [0.15, 0.2) is 0 Å². The first-order chi connectivity index (χ1) is 7.91. The van der Waals surface area contributed by atoms with E-state index < -0.39 is 0 Å². The van der Waals surface area contributed by atoms with Gasteiger partial charge in [-0.25, -0.2) is 37.1 Å². The van der Waals surface area contributed by atoms with E-state index in [-0.39, 0.29) is 21.7 Å². The Bertz CT molecular complexity index is 234. The molecule has 0 bridgehead atoms. The molecule has 0 heterocycles. The number of rotatable bonds is 3. The molecule has 2 rings (SSSR count). The van der Waals surface area contributed by atoms with Crippen LogP contribution >= 0.6 is 0 Å². The predicted octanol–water partition coefficient (Wildman–Crippen LogP) is 4.55. The summed E-state index contributed by atoms with van der Waals surface area (Å²) in [6, 6.07) is 20.0. The zero-order chi connectivity index (χ0) is 11.9. The van der Waals surface area contributed by atoms with Crippen LogP contribution in [0.3, 0.4) is 0 Å². The van der Waals surface area contributed by atoms with Gasteiger partial charge in [-0.2, -0.15) is 36.4 Å². The number of hydrogen-bond acceptors (Lipinski definition) is 0. The van der Waals surface area contributed by atoms with Crippen LogP contribution in [-0.2, 0) is 21.7 Å². The predicted molar refractivity (Wildman–Crippen MR) is 71.0 cm³/mol. The average molecular weight is 258 g/mol. The Hall–Kier alpha value is -1.11. The van der Waals surface area contributed by atoms with Crippen molar-refractivity contribution in [2.75, 3.05) is 0 Å². The molecule has 0 amide bonds. The van der Waals surface area contributed by atoms with Crippen molar-refractivity contribution in [3.63, 3.8) is 0 Å². The van der Waals surface area contributed by atoms with Gasteiger partial charge in [0.1, 0.15) is 0 Å². The van der Waals surface area contributed by atoms with Crippen LogP contribution in [0.4, 0.5) is 0 Å². The minimum Gasteiger partial charge on any atom is -0.506 e. The maximum atomic E-state index is 3.41. The molecule has 0 aliphatic heterocycles. The van der Waals surface area contributed by atoms with Crippen molar-refractivity contribution < 1.29 is 21.7 Å². The fraction of sp³-hybridized carbons (Fsp3) is 0.125. The molecule has 0 aliphatic carbocycles. The van der Waals surface area contributed by atoms with Crippen molar-refractivity contribution in [2.45, 2.75) is 12.8 Å². The summed E-state index contributed by atoms with van der Waals surface area (Å²) in [5, 5.41) is 0. The zero-order valence-electron chi connectivity index (χ0n) is 10.1. The largest absolute Gasteiger partial charge is 0.506 e. The molecule has 0 saturated heterocycles. The summed E-state index contributed by atoms with van der Waals surface area (Å²) in [6.07, 6.45) is 7.19. The zero-order valence-corrected chi connectivity index (χ0v) is 11.7. The summed E-state index contributed by atoms with van der Waals surface area (Å²) in [4.78, 5) is 0. The molecule has 90 valence electrons. The van der Waals surface area contributed by atoms with Gasteiger partial charge in [0.2, 0.25) is 0 Å². The van der Waals surface area contributed by atoms with Crippen molar-refractivity contribution in [2.24, 2.45) is 0 Å². The van der Waals surface area contributed by atoms with Gasteiger partial charge < -0.3 is 12.2 Å². The summed E-state index contributed by atoms with van der Waals surface area (Å²) in [7, 11) is 0. The Balaban J connectivity index is 0. The summed E-state index contributed by atoms with van der Waals surface area (Å²) in [5.41, 5.74) is 0. The smallest absolute Gasteiger partial charge is 0 e. The average Bonchev–Trinajstić information content (AvgIpc) is 3.00. The maximum absolute atomic E-state index is 3.41. The van der Waals surface area contributed by atoms with Crippen molar-refractivity contribution in [1.29, 1.82) is 0 Å². The molecule has 0 saturated carbocycles. The van der Waals surface area contributed by atoms with Gasteiger partial charge in [-0.15, -0.1) is 0 Å². The quantitative estimate of drug-likeness (QED) is 0.430. The first kappa shape index (κ1) is 18.3. The Kier molecular flexibility index (Phi) is 18.6. The van der Waals surface area contributed by atoms with E-state index in [0.717, 1.165) is 12.8 Å². The molecule has 0 N–H and O–H groups in total. The molecule has 17 heavy (non-hydrogen) atoms. The fourth-order valence-electron chi connectivity index (χ4n) is 0.818. The first-order valence-corrected chi connectivity index (χ1v) is 5.25. The van der Waals surface area contributed by atoms with E-state index in [1.807, 2.05) is 60.7 Å². The minimum atomic E-state index is 0. The molecule has 0 fully saturated rings. The minimum absolute atomic E-state index is 0. The summed E-state index contributed by atoms with van der Waals surface area (Å²) in [5.74, 6) is 0. The van der Waals surface area contributed by atoms with Crippen LogP contribution in [0.1, 0.15) is 12.8 Å². The van der Waals surface area contributed by atoms with E-state index in [1.165, 1.54) is 0 Å². The number of unbranched alkanes of at least 4 members (excludes halogenated alkanes) is 1. The second-order valence-electron chi connectivity index (χ2n) is 2.92. The van der Waals surface area contributed by atoms with Crippen LogP contribution in [0.25, 0.3) is 0 Å². The van der Waals surface area contributed by atoms with Gasteiger partial charge in [0, 0.05) is 21.7 Å². The third kappa shape index (κ3) is 17.5. The van der Waals surface area contributed by atoms with Gasteiger partial charge in [0.25, 0.3) is 0 Å². The number of hydrogen-bond donors (Lipinski definition) is 0. The Morgan fingerprint density at radius 3 is 1.12 bits per heavy atom. The Morgan fingerprint density at radius 1 is 0.706 bits per heavy atom. The second-order valence-corrected chi connectivity index (χ2v) is 2.92. The van der Waals surface area contributed by atoms with Crippen molar-refractivity contribution >= 4 is 0 Å². The molecule has 0 spiro atoms. The molecule has 0 nitrogen and oxygen atoms in total. The summed E-state index contributed by atoms with van der Waals surface area (Å²) >= 11 is 0. The molecule has 2 aromatic rings. The van der Waals surface area contributed by atoms with Gasteiger partial charge in [-0.05, 0) is 0 Å². The van der Waals surface area contributed by atoms with Crippen LogP contribution in [0.2, 0.25) is 0 Å². The van der Waals surface area contributed by atoms with Crippen molar-refractivity contribution in [3.05, 3.63) is 86.0 Å². The first-order valence-electron chi connectivity index (χ1n) is 5.25. The van der Waals surface area contributed by atoms with E-state index in [9.17, 15) is 0 Å². The van der Waals surface area contributed by atoms with Crippen LogP contribution in [0.15, 0.2) is 73.8 Å². The van der Waals surface area contributed by atoms with Gasteiger partial charge >= 0.3 is 0 Å². The van der Waals surface area contributed by atoms with Crippen LogP contribution in [-0.4, -0.2) is 0 Å². The molecular formula is C16H18Ti-4. The molecule has 0 aromatic heterocycles. The summed E-state index contributed by atoms with van der Waals surface area (Å²) < 4.78 is 0. The van der Waals surface area contributed by atoms with Crippen LogP contribution in [0, 0.1) is 12.2 Å². The molecule has 2 aromatic carbocycles. The van der Waals surface area contributed by atoms with E-state index in [0.29, 0.717) is 0 Å². The second kappa shape index (κ2) is 17.3. The molecule has 0 aliphatic rings. The molecule has 1 heteroatoms.